The van der Waals surface area contributed by atoms with Gasteiger partial charge < -0.3 is 10.1 Å². The number of anilines is 1. The minimum atomic E-state index is -3.77. The van der Waals surface area contributed by atoms with Gasteiger partial charge in [0.25, 0.3) is 5.91 Å². The summed E-state index contributed by atoms with van der Waals surface area (Å²) in [5.74, 6) is -1.00. The Morgan fingerprint density at radius 1 is 1.19 bits per heavy atom. The van der Waals surface area contributed by atoms with Crippen LogP contribution < -0.4 is 10.5 Å². The van der Waals surface area contributed by atoms with Crippen LogP contribution in [0.15, 0.2) is 29.2 Å². The third kappa shape index (κ3) is 5.52. The number of nitrogens with one attached hydrogen (secondary N) is 1. The molecule has 0 aliphatic carbocycles. The van der Waals surface area contributed by atoms with Gasteiger partial charge in [0.2, 0.25) is 10.0 Å². The Morgan fingerprint density at radius 2 is 1.71 bits per heavy atom. The van der Waals surface area contributed by atoms with Gasteiger partial charge in [-0.05, 0) is 45.0 Å². The van der Waals surface area contributed by atoms with E-state index in [1.807, 2.05) is 0 Å². The van der Waals surface area contributed by atoms with Gasteiger partial charge in [0.05, 0.1) is 10.3 Å². The number of nitrogens with two attached hydrogens (primary N) is 1. The first-order valence-electron chi connectivity index (χ1n) is 6.10. The molecule has 0 aliphatic heterocycles. The fourth-order valence-corrected chi connectivity index (χ4v) is 1.79. The number of sulfonamides is 1. The van der Waals surface area contributed by atoms with Gasteiger partial charge in [-0.3, -0.25) is 9.59 Å². The van der Waals surface area contributed by atoms with Gasteiger partial charge in [-0.25, -0.2) is 13.6 Å². The van der Waals surface area contributed by atoms with Gasteiger partial charge in [-0.2, -0.15) is 0 Å². The maximum Gasteiger partial charge on any atom is 0.311 e. The summed E-state index contributed by atoms with van der Waals surface area (Å²) < 4.78 is 27.0. The van der Waals surface area contributed by atoms with Crippen LogP contribution in [0, 0.1) is 5.41 Å². The molecule has 0 radical (unpaired) electrons. The maximum atomic E-state index is 11.6. The Morgan fingerprint density at radius 3 is 2.14 bits per heavy atom. The summed E-state index contributed by atoms with van der Waals surface area (Å²) >= 11 is 0. The zero-order chi connectivity index (χ0) is 16.3. The van der Waals surface area contributed by atoms with Crippen molar-refractivity contribution in [3.8, 4) is 0 Å². The van der Waals surface area contributed by atoms with Gasteiger partial charge in [-0.1, -0.05) is 0 Å². The van der Waals surface area contributed by atoms with E-state index in [4.69, 9.17) is 9.88 Å². The molecule has 8 heteroatoms. The van der Waals surface area contributed by atoms with E-state index >= 15 is 0 Å². The Hall–Kier alpha value is -1.93. The van der Waals surface area contributed by atoms with E-state index < -0.39 is 33.9 Å². The fourth-order valence-electron chi connectivity index (χ4n) is 1.27. The van der Waals surface area contributed by atoms with Crippen LogP contribution in [0.25, 0.3) is 0 Å². The highest BCUT2D eigenvalue weighted by Crippen LogP contribution is 2.15. The van der Waals surface area contributed by atoms with E-state index in [0.29, 0.717) is 5.69 Å². The van der Waals surface area contributed by atoms with Gasteiger partial charge in [0.15, 0.2) is 6.61 Å². The third-order valence-corrected chi connectivity index (χ3v) is 3.34. The highest BCUT2D eigenvalue weighted by Gasteiger charge is 2.23. The van der Waals surface area contributed by atoms with Crippen LogP contribution in [0.4, 0.5) is 5.69 Å². The van der Waals surface area contributed by atoms with E-state index in [2.05, 4.69) is 5.32 Å². The second kappa shape index (κ2) is 6.23. The molecule has 0 saturated heterocycles. The lowest BCUT2D eigenvalue weighted by molar-refractivity contribution is -0.155. The van der Waals surface area contributed by atoms with E-state index in [1.54, 1.807) is 20.8 Å². The van der Waals surface area contributed by atoms with Gasteiger partial charge in [0.1, 0.15) is 0 Å². The molecule has 0 unspecified atom stereocenters. The lowest BCUT2D eigenvalue weighted by Crippen LogP contribution is -2.27. The molecule has 1 aromatic carbocycles. The zero-order valence-corrected chi connectivity index (χ0v) is 12.9. The van der Waals surface area contributed by atoms with Crippen LogP contribution in [0.3, 0.4) is 0 Å². The van der Waals surface area contributed by atoms with Crippen molar-refractivity contribution in [2.75, 3.05) is 11.9 Å². The Balaban J connectivity index is 2.58. The topological polar surface area (TPSA) is 116 Å². The van der Waals surface area contributed by atoms with Crippen molar-refractivity contribution in [2.45, 2.75) is 25.7 Å². The zero-order valence-electron chi connectivity index (χ0n) is 12.0. The van der Waals surface area contributed by atoms with Crippen molar-refractivity contribution in [3.63, 3.8) is 0 Å². The van der Waals surface area contributed by atoms with E-state index in [-0.39, 0.29) is 4.90 Å². The number of hydrogen-bond donors (Lipinski definition) is 2. The number of carbonyl (C=O) groups is 2. The number of amides is 1. The lowest BCUT2D eigenvalue weighted by Gasteiger charge is -2.16. The van der Waals surface area contributed by atoms with Crippen LogP contribution in [0.5, 0.6) is 0 Å². The molecule has 0 aliphatic rings. The van der Waals surface area contributed by atoms with E-state index in [0.717, 1.165) is 0 Å². The van der Waals surface area contributed by atoms with Crippen LogP contribution in [0.1, 0.15) is 20.8 Å². The molecule has 0 bridgehead atoms. The average molecular weight is 314 g/mol. The van der Waals surface area contributed by atoms with Crippen molar-refractivity contribution in [1.29, 1.82) is 0 Å². The molecular formula is C13H18N2O5S. The first-order chi connectivity index (χ1) is 9.50. The average Bonchev–Trinajstić information content (AvgIpc) is 2.34. The molecule has 21 heavy (non-hydrogen) atoms. The normalized spacial score (nSPS) is 11.8. The molecule has 1 rings (SSSR count). The standard InChI is InChI=1S/C13H18N2O5S/c1-13(2,3)12(17)20-8-11(16)15-9-4-6-10(7-5-9)21(14,18)19/h4-7H,8H2,1-3H3,(H,15,16)(H2,14,18,19). The number of primary sulfonamides is 1. The number of hydrogen-bond acceptors (Lipinski definition) is 5. The van der Waals surface area contributed by atoms with Crippen LogP contribution in [-0.4, -0.2) is 26.9 Å². The van der Waals surface area contributed by atoms with E-state index in [1.165, 1.54) is 24.3 Å². The summed E-state index contributed by atoms with van der Waals surface area (Å²) in [6.45, 7) is 4.63. The molecule has 0 fully saturated rings. The number of rotatable bonds is 4. The Labute approximate surface area is 123 Å². The molecule has 0 spiro atoms. The summed E-state index contributed by atoms with van der Waals surface area (Å²) in [6.07, 6.45) is 0. The molecule has 1 amide bonds. The summed E-state index contributed by atoms with van der Waals surface area (Å²) in [4.78, 5) is 23.0. The molecule has 0 saturated carbocycles. The minimum absolute atomic E-state index is 0.0559. The number of carbonyl (C=O) groups excluding carboxylic acids is 2. The van der Waals surface area contributed by atoms with Crippen molar-refractivity contribution in [2.24, 2.45) is 10.6 Å². The molecule has 1 aromatic rings. The second-order valence-electron chi connectivity index (χ2n) is 5.44. The highest BCUT2D eigenvalue weighted by molar-refractivity contribution is 7.89. The van der Waals surface area contributed by atoms with Gasteiger partial charge >= 0.3 is 5.97 Å². The van der Waals surface area contributed by atoms with Crippen molar-refractivity contribution < 1.29 is 22.7 Å². The monoisotopic (exact) mass is 314 g/mol. The number of benzene rings is 1. The minimum Gasteiger partial charge on any atom is -0.455 e. The molecule has 0 heterocycles. The van der Waals surface area contributed by atoms with Gasteiger partial charge in [0, 0.05) is 5.69 Å². The first kappa shape index (κ1) is 17.1. The third-order valence-electron chi connectivity index (χ3n) is 2.41. The van der Waals surface area contributed by atoms with Crippen molar-refractivity contribution in [3.05, 3.63) is 24.3 Å². The highest BCUT2D eigenvalue weighted by atomic mass is 32.2. The molecule has 0 atom stereocenters. The molecule has 116 valence electrons. The summed E-state index contributed by atoms with van der Waals surface area (Å²) in [6, 6.07) is 5.32. The SMILES string of the molecule is CC(C)(C)C(=O)OCC(=O)Nc1ccc(S(N)(=O)=O)cc1. The second-order valence-corrected chi connectivity index (χ2v) is 7.01. The van der Waals surface area contributed by atoms with E-state index in [9.17, 15) is 18.0 Å². The lowest BCUT2D eigenvalue weighted by atomic mass is 9.97. The molecule has 0 aromatic heterocycles. The maximum absolute atomic E-state index is 11.6. The Kier molecular flexibility index (Phi) is 5.08. The predicted octanol–water partition coefficient (Wildman–Crippen LogP) is 0.862. The fraction of sp³-hybridized carbons (Fsp3) is 0.385. The van der Waals surface area contributed by atoms with Crippen LogP contribution in [0.2, 0.25) is 0 Å². The van der Waals surface area contributed by atoms with Crippen molar-refractivity contribution in [1.82, 2.24) is 0 Å². The summed E-state index contributed by atoms with van der Waals surface area (Å²) in [5.41, 5.74) is -0.309. The summed E-state index contributed by atoms with van der Waals surface area (Å²) in [7, 11) is -3.77. The first-order valence-corrected chi connectivity index (χ1v) is 7.65. The molecule has 7 nitrogen and oxygen atoms in total. The number of ether oxygens (including phenoxy) is 1. The predicted molar refractivity (Wildman–Crippen MR) is 76.9 cm³/mol. The van der Waals surface area contributed by atoms with Gasteiger partial charge in [-0.15, -0.1) is 0 Å². The summed E-state index contributed by atoms with van der Waals surface area (Å²) in [5, 5.41) is 7.43. The van der Waals surface area contributed by atoms with Crippen LogP contribution in [-0.2, 0) is 24.3 Å². The Bertz CT molecular complexity index is 630. The quantitative estimate of drug-likeness (QED) is 0.800. The largest absolute Gasteiger partial charge is 0.455 e. The molecule has 3 N–H and O–H groups in total. The van der Waals surface area contributed by atoms with Crippen molar-refractivity contribution >= 4 is 27.6 Å². The number of esters is 1. The smallest absolute Gasteiger partial charge is 0.311 e. The van der Waals surface area contributed by atoms with Crippen LogP contribution >= 0.6 is 0 Å². The molecular weight excluding hydrogens is 296 g/mol.